The largest absolute Gasteiger partial charge is 0.381 e. The van der Waals surface area contributed by atoms with Crippen molar-refractivity contribution in [3.63, 3.8) is 0 Å². The van der Waals surface area contributed by atoms with E-state index in [1.54, 1.807) is 0 Å². The molecule has 0 amide bonds. The Kier molecular flexibility index (Phi) is 4.20. The summed E-state index contributed by atoms with van der Waals surface area (Å²) < 4.78 is 6.59. The predicted molar refractivity (Wildman–Crippen MR) is 67.4 cm³/mol. The van der Waals surface area contributed by atoms with Crippen molar-refractivity contribution in [1.29, 1.82) is 0 Å². The van der Waals surface area contributed by atoms with E-state index in [4.69, 9.17) is 4.74 Å². The summed E-state index contributed by atoms with van der Waals surface area (Å²) in [6, 6.07) is 2.24. The lowest BCUT2D eigenvalue weighted by Crippen LogP contribution is -2.22. The molecule has 2 nitrogen and oxygen atoms in total. The lowest BCUT2D eigenvalue weighted by Gasteiger charge is -2.07. The molecule has 0 spiro atoms. The molecule has 1 aliphatic heterocycles. The Morgan fingerprint density at radius 3 is 3.13 bits per heavy atom. The van der Waals surface area contributed by atoms with Crippen LogP contribution < -0.4 is 5.32 Å². The lowest BCUT2D eigenvalue weighted by molar-refractivity contribution is 0.185. The van der Waals surface area contributed by atoms with Gasteiger partial charge in [0.2, 0.25) is 0 Å². The number of hydrogen-bond acceptors (Lipinski definition) is 3. The smallest absolute Gasteiger partial charge is 0.0730 e. The van der Waals surface area contributed by atoms with E-state index in [1.165, 1.54) is 20.6 Å². The van der Waals surface area contributed by atoms with Gasteiger partial charge in [-0.15, -0.1) is 11.3 Å². The Balaban J connectivity index is 1.73. The van der Waals surface area contributed by atoms with Crippen molar-refractivity contribution in [2.24, 2.45) is 5.92 Å². The van der Waals surface area contributed by atoms with Gasteiger partial charge >= 0.3 is 0 Å². The molecule has 15 heavy (non-hydrogen) atoms. The molecule has 2 heterocycles. The number of rotatable bonds is 4. The molecule has 1 aromatic heterocycles. The first-order valence-electron chi connectivity index (χ1n) is 5.29. The first-order valence-corrected chi connectivity index (χ1v) is 6.90. The summed E-state index contributed by atoms with van der Waals surface area (Å²) in [5.74, 6) is 0.717. The molecule has 0 aromatic carbocycles. The van der Waals surface area contributed by atoms with Gasteiger partial charge < -0.3 is 10.1 Å². The topological polar surface area (TPSA) is 21.3 Å². The molecule has 0 radical (unpaired) electrons. The maximum absolute atomic E-state index is 5.34. The van der Waals surface area contributed by atoms with Crippen LogP contribution in [-0.4, -0.2) is 19.8 Å². The third kappa shape index (κ3) is 3.28. The van der Waals surface area contributed by atoms with Crippen LogP contribution in [0.1, 0.15) is 16.9 Å². The van der Waals surface area contributed by atoms with Crippen molar-refractivity contribution in [3.8, 4) is 0 Å². The van der Waals surface area contributed by atoms with Gasteiger partial charge in [0, 0.05) is 24.6 Å². The quantitative estimate of drug-likeness (QED) is 0.920. The average molecular weight is 290 g/mol. The summed E-state index contributed by atoms with van der Waals surface area (Å²) in [6.07, 6.45) is 1.21. The Labute approximate surface area is 103 Å². The number of hydrogen-bond donors (Lipinski definition) is 1. The monoisotopic (exact) mass is 289 g/mol. The second-order valence-corrected chi connectivity index (χ2v) is 6.48. The van der Waals surface area contributed by atoms with E-state index in [9.17, 15) is 0 Å². The van der Waals surface area contributed by atoms with Crippen LogP contribution in [0.25, 0.3) is 0 Å². The first kappa shape index (κ1) is 11.6. The molecule has 1 unspecified atom stereocenters. The highest BCUT2D eigenvalue weighted by Crippen LogP contribution is 2.27. The second-order valence-electron chi connectivity index (χ2n) is 4.03. The fraction of sp³-hybridized carbons (Fsp3) is 0.636. The standard InChI is InChI=1S/C11H16BrNOS/c1-8-4-10(15-11(8)12)6-13-5-9-2-3-14-7-9/h4,9,13H,2-3,5-7H2,1H3. The van der Waals surface area contributed by atoms with Crippen LogP contribution in [0.3, 0.4) is 0 Å². The van der Waals surface area contributed by atoms with E-state index < -0.39 is 0 Å². The minimum atomic E-state index is 0.717. The minimum Gasteiger partial charge on any atom is -0.381 e. The van der Waals surface area contributed by atoms with Gasteiger partial charge in [-0.05, 0) is 46.8 Å². The van der Waals surface area contributed by atoms with Gasteiger partial charge in [0.15, 0.2) is 0 Å². The Morgan fingerprint density at radius 2 is 2.53 bits per heavy atom. The molecule has 1 N–H and O–H groups in total. The molecule has 1 aliphatic rings. The minimum absolute atomic E-state index is 0.717. The van der Waals surface area contributed by atoms with Gasteiger partial charge in [-0.3, -0.25) is 0 Å². The van der Waals surface area contributed by atoms with Crippen molar-refractivity contribution < 1.29 is 4.74 Å². The zero-order valence-corrected chi connectivity index (χ0v) is 11.3. The van der Waals surface area contributed by atoms with E-state index in [0.717, 1.165) is 32.2 Å². The number of ether oxygens (including phenoxy) is 1. The Morgan fingerprint density at radius 1 is 1.67 bits per heavy atom. The SMILES string of the molecule is Cc1cc(CNCC2CCOC2)sc1Br. The van der Waals surface area contributed by atoms with Crippen LogP contribution in [-0.2, 0) is 11.3 Å². The highest BCUT2D eigenvalue weighted by Gasteiger charge is 2.14. The molecule has 84 valence electrons. The third-order valence-electron chi connectivity index (χ3n) is 2.66. The van der Waals surface area contributed by atoms with Gasteiger partial charge in [-0.1, -0.05) is 0 Å². The van der Waals surface area contributed by atoms with E-state index in [-0.39, 0.29) is 0 Å². The second kappa shape index (κ2) is 5.43. The van der Waals surface area contributed by atoms with Gasteiger partial charge in [-0.2, -0.15) is 0 Å². The molecule has 1 aromatic rings. The molecule has 4 heteroatoms. The van der Waals surface area contributed by atoms with Crippen molar-refractivity contribution in [2.75, 3.05) is 19.8 Å². The number of halogens is 1. The Bertz CT molecular complexity index is 301. The van der Waals surface area contributed by atoms with Crippen LogP contribution in [0, 0.1) is 12.8 Å². The molecule has 1 saturated heterocycles. The lowest BCUT2D eigenvalue weighted by atomic mass is 10.1. The molecular weight excluding hydrogens is 274 g/mol. The van der Waals surface area contributed by atoms with Crippen molar-refractivity contribution in [3.05, 3.63) is 20.3 Å². The third-order valence-corrected chi connectivity index (χ3v) is 4.80. The van der Waals surface area contributed by atoms with Gasteiger partial charge in [-0.25, -0.2) is 0 Å². The fourth-order valence-corrected chi connectivity index (χ4v) is 3.35. The number of nitrogens with one attached hydrogen (secondary N) is 1. The van der Waals surface area contributed by atoms with Gasteiger partial charge in [0.25, 0.3) is 0 Å². The number of thiophene rings is 1. The van der Waals surface area contributed by atoms with Gasteiger partial charge in [0.1, 0.15) is 0 Å². The predicted octanol–water partition coefficient (Wildman–Crippen LogP) is 2.95. The van der Waals surface area contributed by atoms with E-state index >= 15 is 0 Å². The molecule has 0 bridgehead atoms. The molecular formula is C11H16BrNOS. The highest BCUT2D eigenvalue weighted by molar-refractivity contribution is 9.11. The van der Waals surface area contributed by atoms with E-state index in [2.05, 4.69) is 34.2 Å². The van der Waals surface area contributed by atoms with E-state index in [1.807, 2.05) is 11.3 Å². The van der Waals surface area contributed by atoms with Crippen LogP contribution >= 0.6 is 27.3 Å². The van der Waals surface area contributed by atoms with Crippen LogP contribution in [0.15, 0.2) is 9.85 Å². The first-order chi connectivity index (χ1) is 7.25. The zero-order valence-electron chi connectivity index (χ0n) is 8.88. The maximum atomic E-state index is 5.34. The molecule has 1 atom stereocenters. The molecule has 0 saturated carbocycles. The van der Waals surface area contributed by atoms with E-state index in [0.29, 0.717) is 0 Å². The summed E-state index contributed by atoms with van der Waals surface area (Å²) >= 11 is 5.36. The maximum Gasteiger partial charge on any atom is 0.0730 e. The van der Waals surface area contributed by atoms with Crippen molar-refractivity contribution in [2.45, 2.75) is 19.9 Å². The summed E-state index contributed by atoms with van der Waals surface area (Å²) in [5.41, 5.74) is 1.33. The number of aryl methyl sites for hydroxylation is 1. The molecule has 2 rings (SSSR count). The fourth-order valence-electron chi connectivity index (χ4n) is 1.75. The van der Waals surface area contributed by atoms with Crippen molar-refractivity contribution >= 4 is 27.3 Å². The average Bonchev–Trinajstić information content (AvgIpc) is 2.79. The normalized spacial score (nSPS) is 21.1. The van der Waals surface area contributed by atoms with Crippen molar-refractivity contribution in [1.82, 2.24) is 5.32 Å². The van der Waals surface area contributed by atoms with Crippen LogP contribution in [0.5, 0.6) is 0 Å². The Hall–Kier alpha value is 0.100. The highest BCUT2D eigenvalue weighted by atomic mass is 79.9. The summed E-state index contributed by atoms with van der Waals surface area (Å²) in [5, 5.41) is 3.49. The summed E-state index contributed by atoms with van der Waals surface area (Å²) in [7, 11) is 0. The molecule has 0 aliphatic carbocycles. The summed E-state index contributed by atoms with van der Waals surface area (Å²) in [6.45, 7) is 6.06. The van der Waals surface area contributed by atoms with Crippen LogP contribution in [0.4, 0.5) is 0 Å². The zero-order chi connectivity index (χ0) is 10.7. The molecule has 1 fully saturated rings. The van der Waals surface area contributed by atoms with Gasteiger partial charge in [0.05, 0.1) is 10.4 Å². The summed E-state index contributed by atoms with van der Waals surface area (Å²) in [4.78, 5) is 1.40. The van der Waals surface area contributed by atoms with Crippen LogP contribution in [0.2, 0.25) is 0 Å².